The molecule has 4 heteroatoms. The molecule has 1 aliphatic heterocycles. The van der Waals surface area contributed by atoms with Crippen molar-refractivity contribution in [1.29, 1.82) is 0 Å². The van der Waals surface area contributed by atoms with Crippen LogP contribution in [0.1, 0.15) is 12.0 Å². The van der Waals surface area contributed by atoms with Gasteiger partial charge in [-0.1, -0.05) is 23.7 Å². The number of benzene rings is 1. The van der Waals surface area contributed by atoms with Gasteiger partial charge in [-0.3, -0.25) is 0 Å². The van der Waals surface area contributed by atoms with Crippen LogP contribution in [-0.2, 0) is 4.74 Å². The first-order valence-electron chi connectivity index (χ1n) is 4.97. The highest BCUT2D eigenvalue weighted by Crippen LogP contribution is 2.20. The van der Waals surface area contributed by atoms with E-state index in [4.69, 9.17) is 22.1 Å². The Balaban J connectivity index is 2.11. The molecule has 80 valence electrons. The molecule has 1 heterocycles. The number of ether oxygens (including phenoxy) is 1. The molecule has 0 saturated carbocycles. The summed E-state index contributed by atoms with van der Waals surface area (Å²) in [7, 11) is 0. The van der Waals surface area contributed by atoms with Crippen molar-refractivity contribution >= 4 is 17.5 Å². The molecule has 0 aliphatic carbocycles. The zero-order valence-electron chi connectivity index (χ0n) is 8.32. The van der Waals surface area contributed by atoms with Crippen molar-refractivity contribution in [2.75, 3.05) is 13.1 Å². The van der Waals surface area contributed by atoms with Gasteiger partial charge in [0.25, 0.3) is 0 Å². The topological polar surface area (TPSA) is 47.6 Å². The summed E-state index contributed by atoms with van der Waals surface area (Å²) in [6.45, 7) is 1.30. The summed E-state index contributed by atoms with van der Waals surface area (Å²) in [5.41, 5.74) is 6.33. The predicted molar refractivity (Wildman–Crippen MR) is 61.4 cm³/mol. The van der Waals surface area contributed by atoms with E-state index in [0.717, 1.165) is 12.0 Å². The van der Waals surface area contributed by atoms with Crippen molar-refractivity contribution < 1.29 is 4.74 Å². The van der Waals surface area contributed by atoms with Crippen LogP contribution >= 0.6 is 11.6 Å². The fourth-order valence-electron chi connectivity index (χ4n) is 1.54. The number of aliphatic imine (C=N–C) groups is 1. The number of nitrogens with two attached hydrogens (primary N) is 1. The summed E-state index contributed by atoms with van der Waals surface area (Å²) in [5, 5.41) is 0.671. The van der Waals surface area contributed by atoms with Gasteiger partial charge in [-0.2, -0.15) is 0 Å². The van der Waals surface area contributed by atoms with E-state index in [2.05, 4.69) is 4.99 Å². The second-order valence-corrected chi connectivity index (χ2v) is 3.85. The molecule has 1 aliphatic rings. The third kappa shape index (κ3) is 2.30. The maximum atomic E-state index is 6.04. The van der Waals surface area contributed by atoms with Gasteiger partial charge in [0.2, 0.25) is 5.90 Å². The predicted octanol–water partition coefficient (Wildman–Crippen LogP) is 1.83. The van der Waals surface area contributed by atoms with E-state index in [1.165, 1.54) is 0 Å². The van der Waals surface area contributed by atoms with E-state index in [0.29, 0.717) is 24.0 Å². The van der Waals surface area contributed by atoms with E-state index >= 15 is 0 Å². The van der Waals surface area contributed by atoms with E-state index in [1.54, 1.807) is 0 Å². The van der Waals surface area contributed by atoms with Gasteiger partial charge in [0.15, 0.2) is 0 Å². The maximum absolute atomic E-state index is 6.04. The van der Waals surface area contributed by atoms with Gasteiger partial charge in [0.05, 0.1) is 17.1 Å². The number of nitrogens with zero attached hydrogens (tertiary/aromatic N) is 1. The van der Waals surface area contributed by atoms with Crippen LogP contribution < -0.4 is 5.73 Å². The van der Waals surface area contributed by atoms with Crippen molar-refractivity contribution in [2.45, 2.75) is 12.5 Å². The lowest BCUT2D eigenvalue weighted by Crippen LogP contribution is -2.18. The molecule has 0 amide bonds. The van der Waals surface area contributed by atoms with Crippen LogP contribution in [-0.4, -0.2) is 25.1 Å². The second kappa shape index (κ2) is 4.64. The van der Waals surface area contributed by atoms with Crippen molar-refractivity contribution in [1.82, 2.24) is 0 Å². The average molecular weight is 225 g/mol. The lowest BCUT2D eigenvalue weighted by atomic mass is 10.2. The molecule has 0 fully saturated rings. The highest BCUT2D eigenvalue weighted by molar-refractivity contribution is 6.33. The van der Waals surface area contributed by atoms with Gasteiger partial charge in [-0.05, 0) is 25.1 Å². The van der Waals surface area contributed by atoms with Crippen LogP contribution in [0, 0.1) is 0 Å². The molecular weight excluding hydrogens is 212 g/mol. The molecule has 1 atom stereocenters. The Labute approximate surface area is 93.9 Å². The molecule has 0 aromatic heterocycles. The number of halogens is 1. The number of hydrogen-bond donors (Lipinski definition) is 1. The Morgan fingerprint density at radius 1 is 1.47 bits per heavy atom. The van der Waals surface area contributed by atoms with Crippen LogP contribution in [0.15, 0.2) is 29.3 Å². The maximum Gasteiger partial charge on any atom is 0.218 e. The minimum absolute atomic E-state index is 0.112. The molecule has 0 bridgehead atoms. The van der Waals surface area contributed by atoms with Gasteiger partial charge in [0, 0.05) is 0 Å². The molecule has 0 spiro atoms. The molecular formula is C11H13ClN2O. The molecule has 1 aromatic rings. The Morgan fingerprint density at radius 2 is 2.27 bits per heavy atom. The van der Waals surface area contributed by atoms with Crippen molar-refractivity contribution in [3.05, 3.63) is 34.9 Å². The quantitative estimate of drug-likeness (QED) is 0.852. The van der Waals surface area contributed by atoms with Gasteiger partial charge in [-0.15, -0.1) is 0 Å². The van der Waals surface area contributed by atoms with E-state index < -0.39 is 0 Å². The lowest BCUT2D eigenvalue weighted by molar-refractivity contribution is 0.216. The third-order valence-electron chi connectivity index (χ3n) is 2.31. The Hall–Kier alpha value is -1.06. The summed E-state index contributed by atoms with van der Waals surface area (Å²) in [4.78, 5) is 4.32. The van der Waals surface area contributed by atoms with Gasteiger partial charge in [0.1, 0.15) is 6.10 Å². The molecule has 0 saturated heterocycles. The summed E-state index contributed by atoms with van der Waals surface area (Å²) in [6, 6.07) is 7.55. The first kappa shape index (κ1) is 10.5. The van der Waals surface area contributed by atoms with Gasteiger partial charge < -0.3 is 10.5 Å². The van der Waals surface area contributed by atoms with Crippen LogP contribution in [0.5, 0.6) is 0 Å². The number of rotatable bonds is 3. The summed E-state index contributed by atoms with van der Waals surface area (Å²) < 4.78 is 5.65. The molecule has 1 aromatic carbocycles. The fourth-order valence-corrected chi connectivity index (χ4v) is 1.75. The summed E-state index contributed by atoms with van der Waals surface area (Å²) in [6.07, 6.45) is 0.943. The fraction of sp³-hybridized carbons (Fsp3) is 0.364. The van der Waals surface area contributed by atoms with E-state index in [-0.39, 0.29) is 6.10 Å². The third-order valence-corrected chi connectivity index (χ3v) is 2.64. The Bertz CT molecular complexity index is 379. The summed E-state index contributed by atoms with van der Waals surface area (Å²) >= 11 is 6.04. The van der Waals surface area contributed by atoms with E-state index in [1.807, 2.05) is 24.3 Å². The first-order valence-corrected chi connectivity index (χ1v) is 5.35. The second-order valence-electron chi connectivity index (χ2n) is 3.44. The molecule has 0 radical (unpaired) electrons. The standard InChI is InChI=1S/C11H13ClN2O/c12-10-4-2-1-3-9(10)11-14-7-8(15-11)5-6-13/h1-4,8H,5-7,13H2. The summed E-state index contributed by atoms with van der Waals surface area (Å²) in [5.74, 6) is 0.638. The van der Waals surface area contributed by atoms with Gasteiger partial charge >= 0.3 is 0 Å². The SMILES string of the molecule is NCCC1CN=C(c2ccccc2Cl)O1. The normalized spacial score (nSPS) is 19.9. The van der Waals surface area contributed by atoms with Crippen LogP contribution in [0.4, 0.5) is 0 Å². The average Bonchev–Trinajstić information content (AvgIpc) is 2.68. The van der Waals surface area contributed by atoms with Gasteiger partial charge in [-0.25, -0.2) is 4.99 Å². The van der Waals surface area contributed by atoms with Crippen LogP contribution in [0.3, 0.4) is 0 Å². The van der Waals surface area contributed by atoms with Crippen molar-refractivity contribution in [2.24, 2.45) is 10.7 Å². The monoisotopic (exact) mass is 224 g/mol. The minimum Gasteiger partial charge on any atom is -0.472 e. The molecule has 2 N–H and O–H groups in total. The minimum atomic E-state index is 0.112. The van der Waals surface area contributed by atoms with E-state index in [9.17, 15) is 0 Å². The molecule has 2 rings (SSSR count). The lowest BCUT2D eigenvalue weighted by Gasteiger charge is -2.10. The van der Waals surface area contributed by atoms with Crippen LogP contribution in [0.2, 0.25) is 5.02 Å². The largest absolute Gasteiger partial charge is 0.472 e. The molecule has 1 unspecified atom stereocenters. The Kier molecular flexibility index (Phi) is 3.23. The van der Waals surface area contributed by atoms with Crippen molar-refractivity contribution in [3.63, 3.8) is 0 Å². The Morgan fingerprint density at radius 3 is 3.00 bits per heavy atom. The highest BCUT2D eigenvalue weighted by Gasteiger charge is 2.21. The molecule has 15 heavy (non-hydrogen) atoms. The van der Waals surface area contributed by atoms with Crippen molar-refractivity contribution in [3.8, 4) is 0 Å². The zero-order valence-corrected chi connectivity index (χ0v) is 9.07. The smallest absolute Gasteiger partial charge is 0.218 e. The first-order chi connectivity index (χ1) is 7.31. The number of hydrogen-bond acceptors (Lipinski definition) is 3. The van der Waals surface area contributed by atoms with Crippen LogP contribution in [0.25, 0.3) is 0 Å². The zero-order chi connectivity index (χ0) is 10.7. The molecule has 3 nitrogen and oxygen atoms in total. The highest BCUT2D eigenvalue weighted by atomic mass is 35.5.